The van der Waals surface area contributed by atoms with Crippen molar-refractivity contribution >= 4 is 59.4 Å². The van der Waals surface area contributed by atoms with E-state index in [-0.39, 0.29) is 6.04 Å². The van der Waals surface area contributed by atoms with Gasteiger partial charge in [-0.2, -0.15) is 9.97 Å². The van der Waals surface area contributed by atoms with E-state index >= 15 is 0 Å². The highest BCUT2D eigenvalue weighted by Crippen LogP contribution is 2.25. The summed E-state index contributed by atoms with van der Waals surface area (Å²) in [6, 6.07) is 8.08. The van der Waals surface area contributed by atoms with Crippen molar-refractivity contribution in [2.24, 2.45) is 0 Å². The highest BCUT2D eigenvalue weighted by Gasteiger charge is 2.13. The molecule has 0 aliphatic heterocycles. The summed E-state index contributed by atoms with van der Waals surface area (Å²) >= 11 is 15.5. The second-order valence-corrected chi connectivity index (χ2v) is 8.51. The van der Waals surface area contributed by atoms with Gasteiger partial charge in [0.25, 0.3) is 0 Å². The molecule has 3 aromatic rings. The van der Waals surface area contributed by atoms with E-state index in [2.05, 4.69) is 68.0 Å². The van der Waals surface area contributed by atoms with E-state index in [4.69, 9.17) is 16.3 Å². The van der Waals surface area contributed by atoms with Crippen LogP contribution in [0.1, 0.15) is 39.8 Å². The lowest BCUT2D eigenvalue weighted by molar-refractivity contribution is 0.376. The average molecular weight is 586 g/mol. The molecule has 11 heteroatoms. The van der Waals surface area contributed by atoms with Crippen LogP contribution in [-0.2, 0) is 0 Å². The molecule has 0 fully saturated rings. The van der Waals surface area contributed by atoms with Gasteiger partial charge in [-0.05, 0) is 99.8 Å². The molecule has 0 N–H and O–H groups in total. The number of ether oxygens (including phenoxy) is 1. The molecule has 0 aliphatic rings. The molecule has 27 heavy (non-hydrogen) atoms. The van der Waals surface area contributed by atoms with Gasteiger partial charge < -0.3 is 4.74 Å². The normalized spacial score (nSPS) is 10.9. The molecule has 3 rings (SSSR count). The summed E-state index contributed by atoms with van der Waals surface area (Å²) in [4.78, 5) is 8.18. The molecule has 7 nitrogen and oxygen atoms in total. The predicted molar refractivity (Wildman–Crippen MR) is 115 cm³/mol. The second kappa shape index (κ2) is 9.99. The monoisotopic (exact) mass is 582 g/mol. The molecule has 146 valence electrons. The average Bonchev–Trinajstić information content (AvgIpc) is 3.12. The van der Waals surface area contributed by atoms with Crippen LogP contribution in [0.2, 0.25) is 5.02 Å². The van der Waals surface area contributed by atoms with Crippen LogP contribution in [0.5, 0.6) is 11.8 Å². The summed E-state index contributed by atoms with van der Waals surface area (Å²) in [6.07, 6.45) is 0. The van der Waals surface area contributed by atoms with Gasteiger partial charge in [0.15, 0.2) is 4.73 Å². The smallest absolute Gasteiger partial charge is 0.321 e. The van der Waals surface area contributed by atoms with E-state index in [1.165, 1.54) is 0 Å². The molecule has 1 aromatic carbocycles. The molecule has 0 spiro atoms. The molecule has 2 heterocycles. The molecular formula is C16H18Br3ClN6O. The molecule has 2 aromatic heterocycles. The maximum Gasteiger partial charge on any atom is 0.321 e. The van der Waals surface area contributed by atoms with E-state index in [9.17, 15) is 0 Å². The Kier molecular flexibility index (Phi) is 8.26. The highest BCUT2D eigenvalue weighted by atomic mass is 79.9. The van der Waals surface area contributed by atoms with Crippen molar-refractivity contribution in [1.82, 2.24) is 29.5 Å². The number of nitrogens with zero attached hydrogens (tertiary/aromatic N) is 6. The van der Waals surface area contributed by atoms with Crippen LogP contribution in [0, 0.1) is 0 Å². The zero-order valence-electron chi connectivity index (χ0n) is 15.1. The summed E-state index contributed by atoms with van der Waals surface area (Å²) in [5, 5.41) is 8.95. The largest absolute Gasteiger partial charge is 0.424 e. The molecule has 0 atom stereocenters. The van der Waals surface area contributed by atoms with Crippen molar-refractivity contribution in [1.29, 1.82) is 0 Å². The third-order valence-corrected chi connectivity index (χ3v) is 4.60. The Morgan fingerprint density at radius 3 is 1.81 bits per heavy atom. The fraction of sp³-hybridized carbons (Fsp3) is 0.375. The number of aromatic nitrogens is 6. The van der Waals surface area contributed by atoms with Crippen molar-refractivity contribution in [2.45, 2.75) is 39.8 Å². The van der Waals surface area contributed by atoms with Crippen LogP contribution in [-0.4, -0.2) is 29.5 Å². The summed E-state index contributed by atoms with van der Waals surface area (Å²) in [7, 11) is 0. The molecule has 0 bridgehead atoms. The van der Waals surface area contributed by atoms with Gasteiger partial charge in [-0.25, -0.2) is 9.36 Å². The van der Waals surface area contributed by atoms with Gasteiger partial charge in [0, 0.05) is 11.1 Å². The molecular weight excluding hydrogens is 567 g/mol. The summed E-state index contributed by atoms with van der Waals surface area (Å²) < 4.78 is 11.0. The Morgan fingerprint density at radius 1 is 0.852 bits per heavy atom. The molecule has 0 radical (unpaired) electrons. The number of benzene rings is 1. The van der Waals surface area contributed by atoms with Crippen molar-refractivity contribution in [2.75, 3.05) is 0 Å². The van der Waals surface area contributed by atoms with Gasteiger partial charge in [-0.3, -0.25) is 0 Å². The van der Waals surface area contributed by atoms with Crippen LogP contribution < -0.4 is 4.74 Å². The number of hydrogen-bond acceptors (Lipinski definition) is 5. The standard InChI is InChI=1S/C11H11BrClN3O.C5H7Br2N3/c1-7(2)16-11(14-10(12)15-16)17-9-5-3-8(13)4-6-9;1-3(2)10-5(7)8-4(6)9-10/h3-7H,1-2H3;3H,1-2H3. The third-order valence-electron chi connectivity index (χ3n) is 3.14. The Bertz CT molecular complexity index is 879. The SMILES string of the molecule is CC(C)n1nc(Br)nc1Br.CC(C)n1nc(Br)nc1Oc1ccc(Cl)cc1. The van der Waals surface area contributed by atoms with E-state index in [0.29, 0.717) is 32.3 Å². The Balaban J connectivity index is 0.000000223. The van der Waals surface area contributed by atoms with Gasteiger partial charge >= 0.3 is 6.01 Å². The van der Waals surface area contributed by atoms with Crippen LogP contribution in [0.4, 0.5) is 0 Å². The van der Waals surface area contributed by atoms with Gasteiger partial charge in [0.1, 0.15) is 5.75 Å². The van der Waals surface area contributed by atoms with Crippen molar-refractivity contribution in [3.63, 3.8) is 0 Å². The van der Waals surface area contributed by atoms with Gasteiger partial charge in [0.2, 0.25) is 9.47 Å². The van der Waals surface area contributed by atoms with E-state index in [1.807, 2.05) is 27.7 Å². The molecule has 0 aliphatic carbocycles. The highest BCUT2D eigenvalue weighted by molar-refractivity contribution is 9.11. The van der Waals surface area contributed by atoms with Crippen molar-refractivity contribution in [3.05, 3.63) is 43.5 Å². The molecule has 0 unspecified atom stereocenters. The van der Waals surface area contributed by atoms with E-state index < -0.39 is 0 Å². The Hall–Kier alpha value is -0.970. The van der Waals surface area contributed by atoms with Crippen molar-refractivity contribution in [3.8, 4) is 11.8 Å². The van der Waals surface area contributed by atoms with Gasteiger partial charge in [-0.15, -0.1) is 10.2 Å². The fourth-order valence-electron chi connectivity index (χ4n) is 1.91. The zero-order chi connectivity index (χ0) is 20.1. The first kappa shape index (κ1) is 22.3. The Morgan fingerprint density at radius 2 is 1.37 bits per heavy atom. The predicted octanol–water partition coefficient (Wildman–Crippen LogP) is 6.45. The minimum absolute atomic E-state index is 0.177. The molecule has 0 saturated carbocycles. The minimum atomic E-state index is 0.177. The van der Waals surface area contributed by atoms with Crippen LogP contribution in [0.25, 0.3) is 0 Å². The first-order valence-corrected chi connectivity index (χ1v) is 10.8. The topological polar surface area (TPSA) is 70.7 Å². The number of rotatable bonds is 4. The lowest BCUT2D eigenvalue weighted by Gasteiger charge is -2.09. The third kappa shape index (κ3) is 6.55. The van der Waals surface area contributed by atoms with Crippen LogP contribution in [0.15, 0.2) is 38.5 Å². The summed E-state index contributed by atoms with van der Waals surface area (Å²) in [5.74, 6) is 0.677. The lowest BCUT2D eigenvalue weighted by atomic mass is 10.3. The Labute approximate surface area is 187 Å². The zero-order valence-corrected chi connectivity index (χ0v) is 20.6. The number of halogens is 4. The maximum absolute atomic E-state index is 5.80. The maximum atomic E-state index is 5.80. The van der Waals surface area contributed by atoms with Crippen LogP contribution in [0.3, 0.4) is 0 Å². The quantitative estimate of drug-likeness (QED) is 0.352. The second-order valence-electron chi connectivity index (χ2n) is 5.95. The van der Waals surface area contributed by atoms with Gasteiger partial charge in [-0.1, -0.05) is 11.6 Å². The number of hydrogen-bond donors (Lipinski definition) is 0. The first-order chi connectivity index (χ1) is 12.7. The minimum Gasteiger partial charge on any atom is -0.424 e. The molecule has 0 amide bonds. The fourth-order valence-corrected chi connectivity index (χ4v) is 3.59. The van der Waals surface area contributed by atoms with Crippen LogP contribution >= 0.6 is 59.4 Å². The van der Waals surface area contributed by atoms with Gasteiger partial charge in [0.05, 0.1) is 6.04 Å². The molecule has 0 saturated heterocycles. The lowest BCUT2D eigenvalue weighted by Crippen LogP contribution is -2.05. The summed E-state index contributed by atoms with van der Waals surface area (Å²) in [5.41, 5.74) is 0. The first-order valence-electron chi connectivity index (χ1n) is 8.00. The summed E-state index contributed by atoms with van der Waals surface area (Å²) in [6.45, 7) is 8.11. The van der Waals surface area contributed by atoms with Crippen molar-refractivity contribution < 1.29 is 4.74 Å². The van der Waals surface area contributed by atoms with E-state index in [0.717, 1.165) is 4.73 Å². The van der Waals surface area contributed by atoms with E-state index in [1.54, 1.807) is 33.6 Å².